The van der Waals surface area contributed by atoms with Crippen molar-refractivity contribution >= 4 is 39.4 Å². The number of hydrogen-bond acceptors (Lipinski definition) is 6. The maximum absolute atomic E-state index is 14.6. The molecule has 6 aromatic rings. The zero-order valence-electron chi connectivity index (χ0n) is 24.6. The van der Waals surface area contributed by atoms with E-state index in [0.717, 1.165) is 32.4 Å². The van der Waals surface area contributed by atoms with Crippen molar-refractivity contribution < 1.29 is 9.59 Å². The number of amides is 2. The van der Waals surface area contributed by atoms with Crippen molar-refractivity contribution in [1.29, 1.82) is 0 Å². The van der Waals surface area contributed by atoms with Crippen LogP contribution in [0.2, 0.25) is 0 Å². The van der Waals surface area contributed by atoms with E-state index in [1.807, 2.05) is 114 Å². The molecule has 1 N–H and O–H groups in total. The second kappa shape index (κ2) is 13.4. The van der Waals surface area contributed by atoms with Crippen LogP contribution in [0.5, 0.6) is 0 Å². The molecule has 1 unspecified atom stereocenters. The number of rotatable bonds is 11. The van der Waals surface area contributed by atoms with E-state index in [0.29, 0.717) is 30.0 Å². The Morgan fingerprint density at radius 3 is 2.25 bits per heavy atom. The molecule has 6 rings (SSSR count). The fraction of sp³-hybridized carbons (Fsp3) is 0.200. The van der Waals surface area contributed by atoms with Crippen molar-refractivity contribution in [3.8, 4) is 10.4 Å². The van der Waals surface area contributed by atoms with Gasteiger partial charge < -0.3 is 10.2 Å². The van der Waals surface area contributed by atoms with Crippen molar-refractivity contribution in [2.75, 3.05) is 6.54 Å². The molecule has 0 radical (unpaired) electrons. The first-order chi connectivity index (χ1) is 21.5. The summed E-state index contributed by atoms with van der Waals surface area (Å²) in [6.45, 7) is 4.45. The van der Waals surface area contributed by atoms with Crippen molar-refractivity contribution in [3.63, 3.8) is 0 Å². The highest BCUT2D eigenvalue weighted by atomic mass is 32.1. The molecule has 9 heteroatoms. The third-order valence-corrected chi connectivity index (χ3v) is 9.41. The fourth-order valence-electron chi connectivity index (χ4n) is 5.45. The van der Waals surface area contributed by atoms with E-state index in [1.165, 1.54) is 28.2 Å². The second-order valence-electron chi connectivity index (χ2n) is 10.7. The first-order valence-electron chi connectivity index (χ1n) is 14.6. The summed E-state index contributed by atoms with van der Waals surface area (Å²) in [5.74, 6) is -0.357. The molecule has 0 fully saturated rings. The van der Waals surface area contributed by atoms with Crippen LogP contribution in [-0.4, -0.2) is 43.7 Å². The molecule has 0 bridgehead atoms. The molecule has 222 valence electrons. The summed E-state index contributed by atoms with van der Waals surface area (Å²) in [4.78, 5) is 41.0. The van der Waals surface area contributed by atoms with Crippen LogP contribution >= 0.6 is 22.7 Å². The monoisotopic (exact) mass is 619 g/mol. The molecular formula is C35H33N5O2S2. The van der Waals surface area contributed by atoms with Gasteiger partial charge in [0, 0.05) is 24.7 Å². The highest BCUT2D eigenvalue weighted by molar-refractivity contribution is 7.15. The van der Waals surface area contributed by atoms with E-state index in [1.54, 1.807) is 0 Å². The lowest BCUT2D eigenvalue weighted by atomic mass is 10.0. The minimum atomic E-state index is -0.302. The van der Waals surface area contributed by atoms with Crippen molar-refractivity contribution in [3.05, 3.63) is 136 Å². The van der Waals surface area contributed by atoms with Crippen LogP contribution in [-0.2, 0) is 13.0 Å². The Bertz CT molecular complexity index is 1860. The SMILES string of the molecule is Cc1nc(C(=O)N(Cc2ccccc2)C(CCc2ccccc2)CNC(=O)c2c(C)nc3sccn23)c(-c2ccccc2)s1. The third-order valence-electron chi connectivity index (χ3n) is 7.63. The van der Waals surface area contributed by atoms with Crippen LogP contribution < -0.4 is 5.32 Å². The number of fused-ring (bicyclic) bond motifs is 1. The van der Waals surface area contributed by atoms with Crippen LogP contribution in [0.1, 0.15) is 49.2 Å². The molecule has 0 saturated carbocycles. The summed E-state index contributed by atoms with van der Waals surface area (Å²) in [6.07, 6.45) is 3.27. The average Bonchev–Trinajstić information content (AvgIpc) is 3.75. The first-order valence-corrected chi connectivity index (χ1v) is 16.3. The standard InChI is InChI=1S/C35H33N5O2S2/c1-24-31(39-20-21-43-35(39)37-24)33(41)36-22-29(19-18-26-12-6-3-7-13-26)40(23-27-14-8-4-9-15-27)34(42)30-32(44-25(2)38-30)28-16-10-5-11-17-28/h3-17,20-21,29H,18-19,22-23H2,1-2H3,(H,36,41). The lowest BCUT2D eigenvalue weighted by molar-refractivity contribution is 0.0633. The molecule has 0 aliphatic rings. The molecule has 0 aliphatic carbocycles. The zero-order valence-corrected chi connectivity index (χ0v) is 26.3. The summed E-state index contributed by atoms with van der Waals surface area (Å²) < 4.78 is 1.82. The molecule has 3 aromatic heterocycles. The van der Waals surface area contributed by atoms with Crippen LogP contribution in [0.3, 0.4) is 0 Å². The van der Waals surface area contributed by atoms with Gasteiger partial charge in [0.1, 0.15) is 11.4 Å². The summed E-state index contributed by atoms with van der Waals surface area (Å²) in [5, 5.41) is 5.91. The molecule has 3 aromatic carbocycles. The van der Waals surface area contributed by atoms with Crippen molar-refractivity contribution in [2.45, 2.75) is 39.3 Å². The average molecular weight is 620 g/mol. The Balaban J connectivity index is 1.35. The highest BCUT2D eigenvalue weighted by Gasteiger charge is 2.30. The van der Waals surface area contributed by atoms with E-state index in [-0.39, 0.29) is 24.4 Å². The Morgan fingerprint density at radius 2 is 1.55 bits per heavy atom. The Kier molecular flexibility index (Phi) is 8.95. The van der Waals surface area contributed by atoms with Gasteiger partial charge in [-0.25, -0.2) is 9.97 Å². The Morgan fingerprint density at radius 1 is 0.886 bits per heavy atom. The molecule has 44 heavy (non-hydrogen) atoms. The van der Waals surface area contributed by atoms with Crippen molar-refractivity contribution in [1.82, 2.24) is 24.6 Å². The predicted molar refractivity (Wildman–Crippen MR) is 177 cm³/mol. The normalized spacial score (nSPS) is 11.9. The van der Waals surface area contributed by atoms with Crippen molar-refractivity contribution in [2.24, 2.45) is 0 Å². The topological polar surface area (TPSA) is 79.6 Å². The van der Waals surface area contributed by atoms with Gasteiger partial charge in [-0.3, -0.25) is 14.0 Å². The van der Waals surface area contributed by atoms with Gasteiger partial charge in [0.25, 0.3) is 11.8 Å². The number of aromatic nitrogens is 3. The second-order valence-corrected chi connectivity index (χ2v) is 12.8. The molecule has 0 aliphatic heterocycles. The van der Waals surface area contributed by atoms with Crippen LogP contribution in [0.15, 0.2) is 103 Å². The van der Waals surface area contributed by atoms with E-state index in [2.05, 4.69) is 22.4 Å². The number of nitrogens with one attached hydrogen (secondary N) is 1. The zero-order chi connectivity index (χ0) is 30.5. The van der Waals surface area contributed by atoms with E-state index in [9.17, 15) is 9.59 Å². The Labute approximate surface area is 264 Å². The number of benzene rings is 3. The smallest absolute Gasteiger partial charge is 0.274 e. The summed E-state index contributed by atoms with van der Waals surface area (Å²) >= 11 is 3.02. The lowest BCUT2D eigenvalue weighted by Crippen LogP contribution is -2.47. The van der Waals surface area contributed by atoms with Crippen LogP contribution in [0.25, 0.3) is 15.4 Å². The van der Waals surface area contributed by atoms with Gasteiger partial charge in [0.15, 0.2) is 4.96 Å². The fourth-order valence-corrected chi connectivity index (χ4v) is 7.12. The van der Waals surface area contributed by atoms with Gasteiger partial charge in [-0.1, -0.05) is 91.0 Å². The molecule has 3 heterocycles. The summed E-state index contributed by atoms with van der Waals surface area (Å²) in [7, 11) is 0. The lowest BCUT2D eigenvalue weighted by Gasteiger charge is -2.32. The minimum Gasteiger partial charge on any atom is -0.349 e. The van der Waals surface area contributed by atoms with Gasteiger partial charge in [0.05, 0.1) is 21.6 Å². The molecule has 1 atom stereocenters. The number of carbonyl (C=O) groups is 2. The largest absolute Gasteiger partial charge is 0.349 e. The number of carbonyl (C=O) groups excluding carboxylic acids is 2. The quantitative estimate of drug-likeness (QED) is 0.166. The van der Waals surface area contributed by atoms with E-state index in [4.69, 9.17) is 4.98 Å². The van der Waals surface area contributed by atoms with Crippen LogP contribution in [0, 0.1) is 13.8 Å². The van der Waals surface area contributed by atoms with Gasteiger partial charge in [-0.2, -0.15) is 0 Å². The van der Waals surface area contributed by atoms with Gasteiger partial charge in [-0.05, 0) is 43.4 Å². The number of thiazole rings is 2. The van der Waals surface area contributed by atoms with E-state index < -0.39 is 0 Å². The maximum Gasteiger partial charge on any atom is 0.274 e. The predicted octanol–water partition coefficient (Wildman–Crippen LogP) is 7.21. The van der Waals surface area contributed by atoms with Crippen LogP contribution in [0.4, 0.5) is 0 Å². The molecule has 7 nitrogen and oxygen atoms in total. The first kappa shape index (κ1) is 29.5. The highest BCUT2D eigenvalue weighted by Crippen LogP contribution is 2.32. The van der Waals surface area contributed by atoms with Gasteiger partial charge >= 0.3 is 0 Å². The molecule has 0 saturated heterocycles. The molecule has 0 spiro atoms. The number of nitrogens with zero attached hydrogens (tertiary/aromatic N) is 4. The minimum absolute atomic E-state index is 0.148. The maximum atomic E-state index is 14.6. The number of hydrogen-bond donors (Lipinski definition) is 1. The van der Waals surface area contributed by atoms with E-state index >= 15 is 0 Å². The molecular weight excluding hydrogens is 587 g/mol. The third kappa shape index (κ3) is 6.49. The van der Waals surface area contributed by atoms with Gasteiger partial charge in [0.2, 0.25) is 0 Å². The number of aryl methyl sites for hydroxylation is 3. The summed E-state index contributed by atoms with van der Waals surface area (Å²) in [5.41, 5.74) is 4.79. The van der Waals surface area contributed by atoms with Gasteiger partial charge in [-0.15, -0.1) is 22.7 Å². The molecule has 2 amide bonds. The summed E-state index contributed by atoms with van der Waals surface area (Å²) in [6, 6.07) is 29.9. The number of imidazole rings is 1. The Hall–Kier alpha value is -4.60.